The van der Waals surface area contributed by atoms with Crippen LogP contribution in [0.5, 0.6) is 11.5 Å². The van der Waals surface area contributed by atoms with Gasteiger partial charge in [-0.1, -0.05) is 12.1 Å². The minimum Gasteiger partial charge on any atom is -0.480 e. The predicted octanol–water partition coefficient (Wildman–Crippen LogP) is -0.567. The molecule has 0 aromatic heterocycles. The van der Waals surface area contributed by atoms with E-state index >= 15 is 0 Å². The van der Waals surface area contributed by atoms with E-state index in [2.05, 4.69) is 5.32 Å². The molecule has 1 unspecified atom stereocenters. The van der Waals surface area contributed by atoms with Crippen molar-refractivity contribution in [2.24, 2.45) is 0 Å². The molecule has 0 spiro atoms. The second-order valence-electron chi connectivity index (χ2n) is 7.23. The number of carbonyl (C=O) groups is 1. The van der Waals surface area contributed by atoms with Crippen molar-refractivity contribution >= 4 is 6.09 Å². The van der Waals surface area contributed by atoms with Crippen LogP contribution < -0.4 is 14.8 Å². The van der Waals surface area contributed by atoms with Gasteiger partial charge in [0.25, 0.3) is 0 Å². The number of hydrogen-bond donors (Lipinski definition) is 5. The molecule has 3 rings (SSSR count). The van der Waals surface area contributed by atoms with Gasteiger partial charge in [0.05, 0.1) is 6.61 Å². The first-order valence-electron chi connectivity index (χ1n) is 8.87. The molecule has 156 valence electrons. The zero-order valence-electron chi connectivity index (χ0n) is 15.7. The number of rotatable bonds is 4. The number of amides is 1. The highest BCUT2D eigenvalue weighted by atomic mass is 16.7. The zero-order chi connectivity index (χ0) is 20.6. The number of nitrogens with one attached hydrogen (secondary N) is 1. The number of hydrogen-bond acceptors (Lipinski definition) is 9. The lowest BCUT2D eigenvalue weighted by molar-refractivity contribution is -0.319. The smallest absolute Gasteiger partial charge is 0.412 e. The molecule has 1 fully saturated rings. The van der Waals surface area contributed by atoms with E-state index in [1.165, 1.54) is 7.05 Å². The summed E-state index contributed by atoms with van der Waals surface area (Å²) in [4.78, 5) is 11.6. The molecule has 6 atom stereocenters. The Hall–Kier alpha value is -1.95. The molecule has 1 amide bonds. The summed E-state index contributed by atoms with van der Waals surface area (Å²) in [5.41, 5.74) is -0.369. The van der Waals surface area contributed by atoms with Gasteiger partial charge in [-0.2, -0.15) is 0 Å². The third-order valence-electron chi connectivity index (χ3n) is 4.81. The average molecular weight is 399 g/mol. The fourth-order valence-corrected chi connectivity index (χ4v) is 3.32. The molecule has 1 saturated heterocycles. The van der Waals surface area contributed by atoms with Crippen molar-refractivity contribution in [3.05, 3.63) is 23.8 Å². The van der Waals surface area contributed by atoms with E-state index in [-0.39, 0.29) is 5.75 Å². The molecule has 0 saturated carbocycles. The summed E-state index contributed by atoms with van der Waals surface area (Å²) in [6, 6.07) is 4.95. The molecule has 1 aromatic rings. The van der Waals surface area contributed by atoms with Crippen LogP contribution in [0.1, 0.15) is 25.5 Å². The van der Waals surface area contributed by atoms with Crippen LogP contribution in [0.2, 0.25) is 0 Å². The monoisotopic (exact) mass is 399 g/mol. The highest BCUT2D eigenvalue weighted by Gasteiger charge is 2.50. The van der Waals surface area contributed by atoms with Crippen molar-refractivity contribution in [3.63, 3.8) is 0 Å². The van der Waals surface area contributed by atoms with Gasteiger partial charge in [-0.3, -0.25) is 0 Å². The quantitative estimate of drug-likeness (QED) is 0.449. The summed E-state index contributed by atoms with van der Waals surface area (Å²) in [7, 11) is 1.43. The fourth-order valence-electron chi connectivity index (χ4n) is 3.32. The second-order valence-corrected chi connectivity index (χ2v) is 7.23. The minimum atomic E-state index is -1.55. The first-order chi connectivity index (χ1) is 13.2. The summed E-state index contributed by atoms with van der Waals surface area (Å²) in [6.07, 6.45) is -8.39. The number of para-hydroxylation sites is 1. The first kappa shape index (κ1) is 20.8. The van der Waals surface area contributed by atoms with Crippen molar-refractivity contribution in [3.8, 4) is 11.5 Å². The molecule has 0 radical (unpaired) electrons. The van der Waals surface area contributed by atoms with Crippen molar-refractivity contribution in [2.45, 2.75) is 56.3 Å². The summed E-state index contributed by atoms with van der Waals surface area (Å²) < 4.78 is 22.5. The molecule has 2 aliphatic heterocycles. The zero-order valence-corrected chi connectivity index (χ0v) is 15.7. The van der Waals surface area contributed by atoms with E-state index in [0.717, 1.165) is 0 Å². The number of carbonyl (C=O) groups excluding carboxylic acids is 1. The third kappa shape index (κ3) is 3.66. The van der Waals surface area contributed by atoms with Gasteiger partial charge >= 0.3 is 6.09 Å². The van der Waals surface area contributed by atoms with Crippen LogP contribution >= 0.6 is 0 Å². The molecule has 10 heteroatoms. The highest BCUT2D eigenvalue weighted by Crippen LogP contribution is 2.50. The molecule has 0 aliphatic carbocycles. The summed E-state index contributed by atoms with van der Waals surface area (Å²) in [6.45, 7) is 2.92. The van der Waals surface area contributed by atoms with Gasteiger partial charge in [0.15, 0.2) is 17.8 Å². The lowest BCUT2D eigenvalue weighted by atomic mass is 9.96. The standard InChI is InChI=1S/C18H25NO9/c1-18(2)15(27-16-13(23)12(22)11(21)10(7-20)25-16)8-5-4-6-9(14(8)28-18)26-17(24)19-3/h4-6,10-13,15-16,20-23H,7H2,1-3H3,(H,19,24)/t10-,11-,12+,13-,15?,16+/m1/s1. The van der Waals surface area contributed by atoms with Crippen molar-refractivity contribution in [1.29, 1.82) is 0 Å². The third-order valence-corrected chi connectivity index (χ3v) is 4.81. The summed E-state index contributed by atoms with van der Waals surface area (Å²) in [5, 5.41) is 41.8. The molecule has 1 aromatic carbocycles. The van der Waals surface area contributed by atoms with Crippen LogP contribution in [0.4, 0.5) is 4.79 Å². The van der Waals surface area contributed by atoms with Crippen LogP contribution in [0.15, 0.2) is 18.2 Å². The predicted molar refractivity (Wildman–Crippen MR) is 93.8 cm³/mol. The average Bonchev–Trinajstić information content (AvgIpc) is 2.92. The lowest BCUT2D eigenvalue weighted by Gasteiger charge is -2.41. The molecule has 0 bridgehead atoms. The molecular weight excluding hydrogens is 374 g/mol. The van der Waals surface area contributed by atoms with E-state index in [4.69, 9.17) is 18.9 Å². The van der Waals surface area contributed by atoms with Gasteiger partial charge < -0.3 is 44.7 Å². The Labute approximate surface area is 161 Å². The Bertz CT molecular complexity index is 723. The Morgan fingerprint density at radius 1 is 1.21 bits per heavy atom. The van der Waals surface area contributed by atoms with Gasteiger partial charge in [-0.25, -0.2) is 4.79 Å². The largest absolute Gasteiger partial charge is 0.480 e. The Balaban J connectivity index is 1.87. The SMILES string of the molecule is CNC(=O)Oc1cccc2c1OC(C)(C)C2O[C@@H]1O[C@H](CO)[C@@H](O)[C@H](O)[C@H]1O. The molecular formula is C18H25NO9. The number of aliphatic hydroxyl groups excluding tert-OH is 4. The normalized spacial score (nSPS) is 33.7. The first-order valence-corrected chi connectivity index (χ1v) is 8.87. The maximum Gasteiger partial charge on any atom is 0.412 e. The molecule has 28 heavy (non-hydrogen) atoms. The number of fused-ring (bicyclic) bond motifs is 1. The number of ether oxygens (including phenoxy) is 4. The van der Waals surface area contributed by atoms with Gasteiger partial charge in [0.2, 0.25) is 0 Å². The van der Waals surface area contributed by atoms with E-state index in [9.17, 15) is 25.2 Å². The molecule has 2 aliphatic rings. The van der Waals surface area contributed by atoms with Crippen LogP contribution in [-0.4, -0.2) is 76.5 Å². The Morgan fingerprint density at radius 3 is 2.57 bits per heavy atom. The molecule has 5 N–H and O–H groups in total. The second kappa shape index (κ2) is 7.82. The van der Waals surface area contributed by atoms with Crippen LogP contribution in [0, 0.1) is 0 Å². The number of aliphatic hydroxyl groups is 4. The van der Waals surface area contributed by atoms with Crippen LogP contribution in [-0.2, 0) is 9.47 Å². The van der Waals surface area contributed by atoms with E-state index in [0.29, 0.717) is 11.3 Å². The van der Waals surface area contributed by atoms with Crippen molar-refractivity contribution in [2.75, 3.05) is 13.7 Å². The summed E-state index contributed by atoms with van der Waals surface area (Å²) >= 11 is 0. The minimum absolute atomic E-state index is 0.199. The van der Waals surface area contributed by atoms with Gasteiger partial charge in [-0.15, -0.1) is 0 Å². The molecule has 10 nitrogen and oxygen atoms in total. The van der Waals surface area contributed by atoms with E-state index in [1.54, 1.807) is 32.0 Å². The van der Waals surface area contributed by atoms with Gasteiger partial charge in [0, 0.05) is 12.6 Å². The Morgan fingerprint density at radius 2 is 1.93 bits per heavy atom. The molecule has 2 heterocycles. The topological polar surface area (TPSA) is 147 Å². The number of benzene rings is 1. The maximum absolute atomic E-state index is 11.6. The fraction of sp³-hybridized carbons (Fsp3) is 0.611. The van der Waals surface area contributed by atoms with Crippen molar-refractivity contribution < 1.29 is 44.2 Å². The highest BCUT2D eigenvalue weighted by molar-refractivity contribution is 5.71. The van der Waals surface area contributed by atoms with E-state index < -0.39 is 55.1 Å². The van der Waals surface area contributed by atoms with E-state index in [1.807, 2.05) is 0 Å². The summed E-state index contributed by atoms with van der Waals surface area (Å²) in [5.74, 6) is 0.510. The Kier molecular flexibility index (Phi) is 5.80. The van der Waals surface area contributed by atoms with Crippen molar-refractivity contribution in [1.82, 2.24) is 5.32 Å². The van der Waals surface area contributed by atoms with Crippen LogP contribution in [0.3, 0.4) is 0 Å². The van der Waals surface area contributed by atoms with Crippen LogP contribution in [0.25, 0.3) is 0 Å². The van der Waals surface area contributed by atoms with Gasteiger partial charge in [0.1, 0.15) is 36.1 Å². The maximum atomic E-state index is 11.6. The van der Waals surface area contributed by atoms with Gasteiger partial charge in [-0.05, 0) is 19.9 Å². The lowest BCUT2D eigenvalue weighted by Crippen LogP contribution is -2.59.